The molecule has 0 spiro atoms. The SMILES string of the molecule is CNS(=O)(=O)CCNS(=O)(=O)c1ccc(C=O)o1. The molecule has 102 valence electrons. The van der Waals surface area contributed by atoms with Crippen LogP contribution >= 0.6 is 0 Å². The minimum absolute atomic E-state index is 0.127. The van der Waals surface area contributed by atoms with Crippen molar-refractivity contribution in [3.63, 3.8) is 0 Å². The van der Waals surface area contributed by atoms with Gasteiger partial charge in [0.1, 0.15) is 0 Å². The standard InChI is InChI=1S/C8H12N2O6S2/c1-9-17(12,13)5-4-10-18(14,15)8-3-2-7(6-11)16-8/h2-3,6,9-10H,4-5H2,1H3. The van der Waals surface area contributed by atoms with Gasteiger partial charge in [0.2, 0.25) is 15.1 Å². The summed E-state index contributed by atoms with van der Waals surface area (Å²) in [5.74, 6) is -0.525. The van der Waals surface area contributed by atoms with E-state index in [1.54, 1.807) is 0 Å². The van der Waals surface area contributed by atoms with Crippen molar-refractivity contribution in [2.24, 2.45) is 0 Å². The molecule has 10 heteroatoms. The molecule has 0 aliphatic rings. The molecule has 0 aromatic carbocycles. The molecule has 18 heavy (non-hydrogen) atoms. The van der Waals surface area contributed by atoms with Crippen LogP contribution in [0.25, 0.3) is 0 Å². The maximum Gasteiger partial charge on any atom is 0.274 e. The Bertz CT molecular complexity index is 616. The lowest BCUT2D eigenvalue weighted by Gasteiger charge is -2.04. The average Bonchev–Trinajstić information content (AvgIpc) is 2.77. The largest absolute Gasteiger partial charge is 0.440 e. The Balaban J connectivity index is 2.69. The highest BCUT2D eigenvalue weighted by Crippen LogP contribution is 2.11. The van der Waals surface area contributed by atoms with Gasteiger partial charge in [-0.25, -0.2) is 26.3 Å². The van der Waals surface area contributed by atoms with Crippen LogP contribution in [-0.4, -0.2) is 42.5 Å². The Labute approximate surface area is 104 Å². The summed E-state index contributed by atoms with van der Waals surface area (Å²) in [6.07, 6.45) is 0.366. The molecule has 1 aromatic heterocycles. The van der Waals surface area contributed by atoms with Gasteiger partial charge in [-0.3, -0.25) is 4.79 Å². The van der Waals surface area contributed by atoms with Gasteiger partial charge in [0.25, 0.3) is 10.0 Å². The van der Waals surface area contributed by atoms with Crippen molar-refractivity contribution >= 4 is 26.3 Å². The summed E-state index contributed by atoms with van der Waals surface area (Å²) >= 11 is 0. The van der Waals surface area contributed by atoms with Gasteiger partial charge in [-0.2, -0.15) is 0 Å². The summed E-state index contributed by atoms with van der Waals surface area (Å²) in [5, 5.41) is -0.438. The molecule has 0 fully saturated rings. The summed E-state index contributed by atoms with van der Waals surface area (Å²) in [6.45, 7) is -0.303. The smallest absolute Gasteiger partial charge is 0.274 e. The van der Waals surface area contributed by atoms with E-state index < -0.39 is 30.9 Å². The van der Waals surface area contributed by atoms with Crippen LogP contribution < -0.4 is 9.44 Å². The number of carbonyl (C=O) groups is 1. The third-order valence-electron chi connectivity index (χ3n) is 1.96. The molecule has 0 radical (unpaired) electrons. The number of carbonyl (C=O) groups excluding carboxylic acids is 1. The van der Waals surface area contributed by atoms with Crippen LogP contribution in [0.5, 0.6) is 0 Å². The molecule has 1 rings (SSSR count). The lowest BCUT2D eigenvalue weighted by Crippen LogP contribution is -2.32. The van der Waals surface area contributed by atoms with Gasteiger partial charge >= 0.3 is 0 Å². The van der Waals surface area contributed by atoms with Gasteiger partial charge in [0.15, 0.2) is 12.0 Å². The molecule has 0 saturated heterocycles. The Kier molecular flexibility index (Phi) is 4.62. The summed E-state index contributed by atoms with van der Waals surface area (Å²) < 4.78 is 54.1. The van der Waals surface area contributed by atoms with Crippen LogP contribution in [0, 0.1) is 0 Å². The summed E-state index contributed by atoms with van der Waals surface area (Å²) in [5.41, 5.74) is 0. The van der Waals surface area contributed by atoms with Crippen LogP contribution in [-0.2, 0) is 20.0 Å². The molecule has 8 nitrogen and oxygen atoms in total. The molecule has 1 heterocycles. The molecule has 0 atom stereocenters. The molecule has 0 aliphatic carbocycles. The second kappa shape index (κ2) is 5.61. The number of aldehydes is 1. The zero-order chi connectivity index (χ0) is 13.8. The number of nitrogens with one attached hydrogen (secondary N) is 2. The van der Waals surface area contributed by atoms with Gasteiger partial charge in [0.05, 0.1) is 5.75 Å². The minimum atomic E-state index is -3.95. The van der Waals surface area contributed by atoms with Crippen LogP contribution in [0.15, 0.2) is 21.6 Å². The highest BCUT2D eigenvalue weighted by atomic mass is 32.2. The number of sulfonamides is 2. The average molecular weight is 296 g/mol. The van der Waals surface area contributed by atoms with Crippen molar-refractivity contribution in [3.8, 4) is 0 Å². The second-order valence-electron chi connectivity index (χ2n) is 3.20. The van der Waals surface area contributed by atoms with Crippen LogP contribution in [0.1, 0.15) is 10.6 Å². The van der Waals surface area contributed by atoms with Crippen molar-refractivity contribution in [3.05, 3.63) is 17.9 Å². The van der Waals surface area contributed by atoms with Gasteiger partial charge in [-0.1, -0.05) is 0 Å². The first-order valence-electron chi connectivity index (χ1n) is 4.76. The van der Waals surface area contributed by atoms with Crippen LogP contribution in [0.3, 0.4) is 0 Å². The Morgan fingerprint density at radius 1 is 1.28 bits per heavy atom. The predicted molar refractivity (Wildman–Crippen MR) is 62.1 cm³/mol. The van der Waals surface area contributed by atoms with Crippen LogP contribution in [0.4, 0.5) is 0 Å². The number of rotatable bonds is 7. The lowest BCUT2D eigenvalue weighted by molar-refractivity contribution is 0.109. The van der Waals surface area contributed by atoms with Crippen molar-refractivity contribution < 1.29 is 26.0 Å². The number of hydrogen-bond acceptors (Lipinski definition) is 6. The van der Waals surface area contributed by atoms with E-state index in [0.717, 1.165) is 6.07 Å². The van der Waals surface area contributed by atoms with Crippen molar-refractivity contribution in [2.75, 3.05) is 19.3 Å². The first kappa shape index (κ1) is 14.8. The van der Waals surface area contributed by atoms with E-state index in [2.05, 4.69) is 0 Å². The van der Waals surface area contributed by atoms with E-state index in [-0.39, 0.29) is 12.3 Å². The van der Waals surface area contributed by atoms with Gasteiger partial charge < -0.3 is 4.42 Å². The highest BCUT2D eigenvalue weighted by molar-refractivity contribution is 7.90. The maximum absolute atomic E-state index is 11.6. The molecule has 0 bridgehead atoms. The number of hydrogen-bond donors (Lipinski definition) is 2. The third kappa shape index (κ3) is 3.91. The monoisotopic (exact) mass is 296 g/mol. The molecule has 0 saturated carbocycles. The van der Waals surface area contributed by atoms with E-state index >= 15 is 0 Å². The molecule has 0 aliphatic heterocycles. The van der Waals surface area contributed by atoms with Crippen molar-refractivity contribution in [1.29, 1.82) is 0 Å². The maximum atomic E-state index is 11.6. The molecule has 0 unspecified atom stereocenters. The quantitative estimate of drug-likeness (QED) is 0.617. The van der Waals surface area contributed by atoms with E-state index in [0.29, 0.717) is 6.29 Å². The van der Waals surface area contributed by atoms with Crippen molar-refractivity contribution in [2.45, 2.75) is 5.09 Å². The van der Waals surface area contributed by atoms with Crippen molar-refractivity contribution in [1.82, 2.24) is 9.44 Å². The van der Waals surface area contributed by atoms with E-state index in [4.69, 9.17) is 4.42 Å². The summed E-state index contributed by atoms with van der Waals surface area (Å²) in [4.78, 5) is 10.3. The van der Waals surface area contributed by atoms with E-state index in [1.165, 1.54) is 13.1 Å². The van der Waals surface area contributed by atoms with Gasteiger partial charge in [0, 0.05) is 6.54 Å². The lowest BCUT2D eigenvalue weighted by atomic mass is 10.5. The predicted octanol–water partition coefficient (Wildman–Crippen LogP) is -1.08. The Hall–Kier alpha value is -1.23. The summed E-state index contributed by atoms with van der Waals surface area (Å²) in [6, 6.07) is 2.31. The second-order valence-corrected chi connectivity index (χ2v) is 6.94. The minimum Gasteiger partial charge on any atom is -0.440 e. The molecule has 1 aromatic rings. The molecule has 0 amide bonds. The van der Waals surface area contributed by atoms with Gasteiger partial charge in [-0.05, 0) is 19.2 Å². The number of furan rings is 1. The first-order valence-corrected chi connectivity index (χ1v) is 7.90. The fraction of sp³-hybridized carbons (Fsp3) is 0.375. The fourth-order valence-electron chi connectivity index (χ4n) is 1.03. The van der Waals surface area contributed by atoms with Crippen LogP contribution in [0.2, 0.25) is 0 Å². The zero-order valence-corrected chi connectivity index (χ0v) is 11.0. The first-order chi connectivity index (χ1) is 8.30. The van der Waals surface area contributed by atoms with E-state index in [9.17, 15) is 21.6 Å². The highest BCUT2D eigenvalue weighted by Gasteiger charge is 2.19. The van der Waals surface area contributed by atoms with E-state index in [1.807, 2.05) is 9.44 Å². The summed E-state index contributed by atoms with van der Waals surface area (Å²) in [7, 11) is -6.21. The Morgan fingerprint density at radius 3 is 2.44 bits per heavy atom. The molecular formula is C8H12N2O6S2. The van der Waals surface area contributed by atoms with Gasteiger partial charge in [-0.15, -0.1) is 0 Å². The molecular weight excluding hydrogens is 284 g/mol. The molecule has 2 N–H and O–H groups in total. The third-order valence-corrected chi connectivity index (χ3v) is 4.65. The fourth-order valence-corrected chi connectivity index (χ4v) is 2.70. The normalized spacial score (nSPS) is 12.5. The topological polar surface area (TPSA) is 123 Å². The zero-order valence-electron chi connectivity index (χ0n) is 9.41. The Morgan fingerprint density at radius 2 is 1.94 bits per heavy atom.